The number of nitrogens with one attached hydrogen (secondary N) is 1. The van der Waals surface area contributed by atoms with Crippen molar-refractivity contribution in [1.29, 1.82) is 0 Å². The Morgan fingerprint density at radius 1 is 1.59 bits per heavy atom. The third-order valence-electron chi connectivity index (χ3n) is 3.31. The summed E-state index contributed by atoms with van der Waals surface area (Å²) in [5.74, 6) is 5.39. The van der Waals surface area contributed by atoms with E-state index in [-0.39, 0.29) is 18.0 Å². The summed E-state index contributed by atoms with van der Waals surface area (Å²) in [6.07, 6.45) is 3.30. The molecule has 2 atom stereocenters. The van der Waals surface area contributed by atoms with Gasteiger partial charge in [-0.25, -0.2) is 4.39 Å². The molecule has 0 aromatic heterocycles. The molecule has 1 aliphatic heterocycles. The van der Waals surface area contributed by atoms with E-state index in [4.69, 9.17) is 10.6 Å². The number of rotatable bonds is 4. The monoisotopic (exact) mass is 238 g/mol. The fourth-order valence-corrected chi connectivity index (χ4v) is 2.28. The van der Waals surface area contributed by atoms with Crippen LogP contribution in [0.15, 0.2) is 18.2 Å². The average Bonchev–Trinajstić information content (AvgIpc) is 2.82. The molecule has 0 radical (unpaired) electrons. The summed E-state index contributed by atoms with van der Waals surface area (Å²) in [4.78, 5) is 0. The molecule has 3 N–H and O–H groups in total. The van der Waals surface area contributed by atoms with E-state index >= 15 is 0 Å². The van der Waals surface area contributed by atoms with Crippen LogP contribution in [0.1, 0.15) is 36.4 Å². The summed E-state index contributed by atoms with van der Waals surface area (Å²) >= 11 is 0. The molecule has 0 saturated carbocycles. The van der Waals surface area contributed by atoms with E-state index in [0.29, 0.717) is 5.56 Å². The number of nitrogens with two attached hydrogens (primary N) is 1. The minimum Gasteiger partial charge on any atom is -0.378 e. The Morgan fingerprint density at radius 2 is 2.41 bits per heavy atom. The molecule has 0 aliphatic carbocycles. The second-order valence-electron chi connectivity index (χ2n) is 4.60. The van der Waals surface area contributed by atoms with Crippen molar-refractivity contribution in [2.75, 3.05) is 6.61 Å². The number of hydrogen-bond donors (Lipinski definition) is 2. The summed E-state index contributed by atoms with van der Waals surface area (Å²) in [6.45, 7) is 2.60. The van der Waals surface area contributed by atoms with Crippen LogP contribution in [-0.4, -0.2) is 12.7 Å². The highest BCUT2D eigenvalue weighted by Crippen LogP contribution is 2.25. The fraction of sp³-hybridized carbons (Fsp3) is 0.538. The van der Waals surface area contributed by atoms with Crippen LogP contribution in [0.2, 0.25) is 0 Å². The molecular formula is C13H19FN2O. The predicted molar refractivity (Wildman–Crippen MR) is 64.8 cm³/mol. The van der Waals surface area contributed by atoms with Crippen LogP contribution in [0.25, 0.3) is 0 Å². The van der Waals surface area contributed by atoms with Crippen LogP contribution in [0.3, 0.4) is 0 Å². The highest BCUT2D eigenvalue weighted by atomic mass is 19.1. The Balaban J connectivity index is 2.08. The van der Waals surface area contributed by atoms with Gasteiger partial charge in [0, 0.05) is 12.6 Å². The summed E-state index contributed by atoms with van der Waals surface area (Å²) in [5.41, 5.74) is 4.45. The maximum absolute atomic E-state index is 13.2. The first-order valence-electron chi connectivity index (χ1n) is 6.04. The van der Waals surface area contributed by atoms with Crippen molar-refractivity contribution in [3.05, 3.63) is 35.1 Å². The topological polar surface area (TPSA) is 47.3 Å². The number of halogens is 1. The van der Waals surface area contributed by atoms with Gasteiger partial charge in [0.15, 0.2) is 0 Å². The van der Waals surface area contributed by atoms with Crippen molar-refractivity contribution in [3.63, 3.8) is 0 Å². The SMILES string of the molecule is Cc1cc(C(CC2CCCO2)NN)ccc1F. The van der Waals surface area contributed by atoms with E-state index < -0.39 is 0 Å². The van der Waals surface area contributed by atoms with Gasteiger partial charge in [-0.1, -0.05) is 12.1 Å². The number of aryl methyl sites for hydroxylation is 1. The Labute approximate surface area is 101 Å². The van der Waals surface area contributed by atoms with Gasteiger partial charge >= 0.3 is 0 Å². The van der Waals surface area contributed by atoms with Gasteiger partial charge in [-0.3, -0.25) is 11.3 Å². The Kier molecular flexibility index (Phi) is 4.10. The summed E-state index contributed by atoms with van der Waals surface area (Å²) in [6, 6.07) is 5.14. The molecule has 94 valence electrons. The molecule has 2 rings (SSSR count). The molecule has 17 heavy (non-hydrogen) atoms. The van der Waals surface area contributed by atoms with E-state index in [2.05, 4.69) is 5.43 Å². The zero-order valence-corrected chi connectivity index (χ0v) is 10.1. The highest BCUT2D eigenvalue weighted by molar-refractivity contribution is 5.26. The summed E-state index contributed by atoms with van der Waals surface area (Å²) < 4.78 is 18.8. The van der Waals surface area contributed by atoms with Gasteiger partial charge < -0.3 is 4.74 Å². The molecule has 0 amide bonds. The van der Waals surface area contributed by atoms with Crippen LogP contribution < -0.4 is 11.3 Å². The predicted octanol–water partition coefficient (Wildman–Crippen LogP) is 2.21. The highest BCUT2D eigenvalue weighted by Gasteiger charge is 2.21. The lowest BCUT2D eigenvalue weighted by atomic mass is 9.98. The summed E-state index contributed by atoms with van der Waals surface area (Å²) in [5, 5.41) is 0. The second kappa shape index (κ2) is 5.58. The molecule has 3 nitrogen and oxygen atoms in total. The van der Waals surface area contributed by atoms with Crippen LogP contribution in [-0.2, 0) is 4.74 Å². The van der Waals surface area contributed by atoms with Gasteiger partial charge in [0.1, 0.15) is 5.82 Å². The molecule has 0 bridgehead atoms. The Hall–Kier alpha value is -0.970. The van der Waals surface area contributed by atoms with E-state index in [1.807, 2.05) is 6.07 Å². The minimum absolute atomic E-state index is 0.0254. The fourth-order valence-electron chi connectivity index (χ4n) is 2.28. The van der Waals surface area contributed by atoms with Crippen LogP contribution >= 0.6 is 0 Å². The number of hydrogen-bond acceptors (Lipinski definition) is 3. The van der Waals surface area contributed by atoms with Crippen LogP contribution in [0.5, 0.6) is 0 Å². The Morgan fingerprint density at radius 3 is 3.00 bits per heavy atom. The van der Waals surface area contributed by atoms with Gasteiger partial charge in [-0.15, -0.1) is 0 Å². The molecule has 0 spiro atoms. The molecule has 1 aromatic carbocycles. The lowest BCUT2D eigenvalue weighted by Crippen LogP contribution is -2.31. The molecule has 4 heteroatoms. The second-order valence-corrected chi connectivity index (χ2v) is 4.60. The lowest BCUT2D eigenvalue weighted by Gasteiger charge is -2.20. The van der Waals surface area contributed by atoms with E-state index in [9.17, 15) is 4.39 Å². The van der Waals surface area contributed by atoms with Gasteiger partial charge in [0.2, 0.25) is 0 Å². The Bertz CT molecular complexity index is 378. The van der Waals surface area contributed by atoms with E-state index in [0.717, 1.165) is 31.4 Å². The maximum Gasteiger partial charge on any atom is 0.126 e. The molecule has 1 aliphatic rings. The molecule has 1 saturated heterocycles. The van der Waals surface area contributed by atoms with Gasteiger partial charge in [0.25, 0.3) is 0 Å². The number of ether oxygens (including phenoxy) is 1. The third-order valence-corrected chi connectivity index (χ3v) is 3.31. The molecule has 2 unspecified atom stereocenters. The zero-order valence-electron chi connectivity index (χ0n) is 10.1. The quantitative estimate of drug-likeness (QED) is 0.624. The molecule has 1 fully saturated rings. The standard InChI is InChI=1S/C13H19FN2O/c1-9-7-10(4-5-12(9)14)13(16-15)8-11-3-2-6-17-11/h4-5,7,11,13,16H,2-3,6,8,15H2,1H3. The lowest BCUT2D eigenvalue weighted by molar-refractivity contribution is 0.0946. The zero-order chi connectivity index (χ0) is 12.3. The van der Waals surface area contributed by atoms with Crippen molar-refractivity contribution in [2.24, 2.45) is 5.84 Å². The largest absolute Gasteiger partial charge is 0.378 e. The minimum atomic E-state index is -0.179. The maximum atomic E-state index is 13.2. The number of benzene rings is 1. The normalized spacial score (nSPS) is 21.7. The van der Waals surface area contributed by atoms with E-state index in [1.165, 1.54) is 6.07 Å². The van der Waals surface area contributed by atoms with Crippen molar-refractivity contribution in [1.82, 2.24) is 5.43 Å². The first-order valence-corrected chi connectivity index (χ1v) is 6.04. The molecule has 1 aromatic rings. The number of hydrazine groups is 1. The summed E-state index contributed by atoms with van der Waals surface area (Å²) in [7, 11) is 0. The van der Waals surface area contributed by atoms with Crippen molar-refractivity contribution in [2.45, 2.75) is 38.3 Å². The van der Waals surface area contributed by atoms with Crippen molar-refractivity contribution in [3.8, 4) is 0 Å². The van der Waals surface area contributed by atoms with Gasteiger partial charge in [0.05, 0.1) is 6.10 Å². The first kappa shape index (κ1) is 12.5. The molecular weight excluding hydrogens is 219 g/mol. The molecule has 1 heterocycles. The third kappa shape index (κ3) is 3.03. The van der Waals surface area contributed by atoms with Crippen molar-refractivity contribution >= 4 is 0 Å². The van der Waals surface area contributed by atoms with Gasteiger partial charge in [-0.05, 0) is 43.4 Å². The average molecular weight is 238 g/mol. The first-order chi connectivity index (χ1) is 8.20. The van der Waals surface area contributed by atoms with Crippen LogP contribution in [0.4, 0.5) is 4.39 Å². The van der Waals surface area contributed by atoms with Crippen molar-refractivity contribution < 1.29 is 9.13 Å². The smallest absolute Gasteiger partial charge is 0.126 e. The van der Waals surface area contributed by atoms with Crippen LogP contribution in [0, 0.1) is 12.7 Å². The van der Waals surface area contributed by atoms with E-state index in [1.54, 1.807) is 13.0 Å². The van der Waals surface area contributed by atoms with Gasteiger partial charge in [-0.2, -0.15) is 0 Å².